The van der Waals surface area contributed by atoms with Gasteiger partial charge in [0, 0.05) is 12.1 Å². The van der Waals surface area contributed by atoms with Crippen LogP contribution in [0.1, 0.15) is 16.1 Å². The van der Waals surface area contributed by atoms with E-state index in [4.69, 9.17) is 10.2 Å². The number of hydrogen-bond donors (Lipinski definition) is 2. The Morgan fingerprint density at radius 2 is 2.12 bits per heavy atom. The van der Waals surface area contributed by atoms with Gasteiger partial charge in [-0.05, 0) is 24.3 Å². The number of nitrogens with one attached hydrogen (secondary N) is 1. The van der Waals surface area contributed by atoms with Crippen molar-refractivity contribution in [1.29, 1.82) is 0 Å². The zero-order valence-corrected chi connectivity index (χ0v) is 8.81. The summed E-state index contributed by atoms with van der Waals surface area (Å²) in [5.74, 6) is -0.821. The first-order valence-corrected chi connectivity index (χ1v) is 4.90. The van der Waals surface area contributed by atoms with E-state index >= 15 is 0 Å². The number of nitrogens with two attached hydrogens (primary N) is 1. The van der Waals surface area contributed by atoms with Crippen LogP contribution in [0.4, 0.5) is 10.4 Å². The molecule has 2 aromatic rings. The molecule has 88 valence electrons. The normalized spacial score (nSPS) is 10.2. The van der Waals surface area contributed by atoms with Crippen molar-refractivity contribution in [3.8, 4) is 0 Å². The van der Waals surface area contributed by atoms with Crippen LogP contribution in [0.5, 0.6) is 0 Å². The number of anilines is 1. The van der Waals surface area contributed by atoms with Gasteiger partial charge in [0.1, 0.15) is 12.1 Å². The molecule has 1 amide bonds. The third-order valence-corrected chi connectivity index (χ3v) is 2.09. The molecular formula is C11H10FN3O2. The molecule has 0 radical (unpaired) electrons. The molecule has 0 atom stereocenters. The lowest BCUT2D eigenvalue weighted by atomic mass is 10.2. The zero-order chi connectivity index (χ0) is 12.3. The first kappa shape index (κ1) is 11.3. The molecule has 0 unspecified atom stereocenters. The summed E-state index contributed by atoms with van der Waals surface area (Å²) in [6.45, 7) is 0.232. The second kappa shape index (κ2) is 4.75. The Balaban J connectivity index is 2.08. The molecule has 1 aromatic carbocycles. The molecule has 0 saturated heterocycles. The summed E-state index contributed by atoms with van der Waals surface area (Å²) in [6, 6.07) is 5.22. The van der Waals surface area contributed by atoms with Crippen molar-refractivity contribution >= 4 is 11.9 Å². The van der Waals surface area contributed by atoms with E-state index in [9.17, 15) is 9.18 Å². The van der Waals surface area contributed by atoms with Crippen molar-refractivity contribution in [3.05, 3.63) is 47.6 Å². The molecule has 6 heteroatoms. The summed E-state index contributed by atoms with van der Waals surface area (Å²) >= 11 is 0. The van der Waals surface area contributed by atoms with E-state index in [1.54, 1.807) is 0 Å². The van der Waals surface area contributed by atoms with E-state index in [0.29, 0.717) is 11.3 Å². The summed E-state index contributed by atoms with van der Waals surface area (Å²) in [6.07, 6.45) is 1.36. The maximum absolute atomic E-state index is 12.6. The lowest BCUT2D eigenvalue weighted by Crippen LogP contribution is -2.12. The number of benzene rings is 1. The lowest BCUT2D eigenvalue weighted by molar-refractivity contribution is 0.102. The van der Waals surface area contributed by atoms with Gasteiger partial charge in [0.2, 0.25) is 0 Å². The highest BCUT2D eigenvalue weighted by Gasteiger charge is 2.09. The van der Waals surface area contributed by atoms with Gasteiger partial charge in [-0.3, -0.25) is 10.1 Å². The molecule has 0 bridgehead atoms. The lowest BCUT2D eigenvalue weighted by Gasteiger charge is -2.00. The summed E-state index contributed by atoms with van der Waals surface area (Å²) in [5.41, 5.74) is 6.20. The number of aromatic nitrogens is 1. The van der Waals surface area contributed by atoms with Crippen LogP contribution in [0.25, 0.3) is 0 Å². The third kappa shape index (κ3) is 2.67. The number of nitrogens with zero attached hydrogens (tertiary/aromatic N) is 1. The Labute approximate surface area is 96.4 Å². The number of halogens is 1. The van der Waals surface area contributed by atoms with Crippen molar-refractivity contribution in [3.63, 3.8) is 0 Å². The van der Waals surface area contributed by atoms with Crippen molar-refractivity contribution in [2.75, 3.05) is 5.32 Å². The quantitative estimate of drug-likeness (QED) is 0.845. The number of carbonyl (C=O) groups excluding carboxylic acids is 1. The molecule has 0 spiro atoms. The molecule has 2 rings (SSSR count). The topological polar surface area (TPSA) is 81.1 Å². The van der Waals surface area contributed by atoms with Crippen LogP contribution in [0, 0.1) is 5.82 Å². The summed E-state index contributed by atoms with van der Waals surface area (Å²) < 4.78 is 17.6. The monoisotopic (exact) mass is 235 g/mol. The van der Waals surface area contributed by atoms with Crippen molar-refractivity contribution < 1.29 is 13.6 Å². The molecule has 1 aromatic heterocycles. The summed E-state index contributed by atoms with van der Waals surface area (Å²) in [5, 5.41) is 2.44. The van der Waals surface area contributed by atoms with Crippen molar-refractivity contribution in [1.82, 2.24) is 4.98 Å². The first-order valence-electron chi connectivity index (χ1n) is 4.90. The summed E-state index contributed by atoms with van der Waals surface area (Å²) in [4.78, 5) is 15.6. The van der Waals surface area contributed by atoms with Crippen LogP contribution >= 0.6 is 0 Å². The SMILES string of the molecule is NCc1coc(NC(=O)c2ccc(F)cc2)n1. The highest BCUT2D eigenvalue weighted by molar-refractivity contribution is 6.03. The Morgan fingerprint density at radius 3 is 2.71 bits per heavy atom. The molecule has 3 N–H and O–H groups in total. The van der Waals surface area contributed by atoms with Crippen molar-refractivity contribution in [2.45, 2.75) is 6.54 Å². The van der Waals surface area contributed by atoms with Crippen LogP contribution in [0.15, 0.2) is 34.9 Å². The van der Waals surface area contributed by atoms with Crippen molar-refractivity contribution in [2.24, 2.45) is 5.73 Å². The minimum Gasteiger partial charge on any atom is -0.432 e. The maximum Gasteiger partial charge on any atom is 0.301 e. The molecule has 0 fully saturated rings. The number of rotatable bonds is 3. The van der Waals surface area contributed by atoms with Gasteiger partial charge in [-0.2, -0.15) is 4.98 Å². The fourth-order valence-electron chi connectivity index (χ4n) is 1.23. The third-order valence-electron chi connectivity index (χ3n) is 2.09. The molecule has 0 saturated carbocycles. The standard InChI is InChI=1S/C11H10FN3O2/c12-8-3-1-7(2-4-8)10(16)15-11-14-9(5-13)6-17-11/h1-4,6H,5,13H2,(H,14,15,16). The molecule has 1 heterocycles. The Morgan fingerprint density at radius 1 is 1.41 bits per heavy atom. The smallest absolute Gasteiger partial charge is 0.301 e. The number of amides is 1. The Hall–Kier alpha value is -2.21. The van der Waals surface area contributed by atoms with Gasteiger partial charge in [0.15, 0.2) is 0 Å². The second-order valence-corrected chi connectivity index (χ2v) is 3.31. The number of hydrogen-bond acceptors (Lipinski definition) is 4. The van der Waals surface area contributed by atoms with Crippen LogP contribution in [0.2, 0.25) is 0 Å². The van der Waals surface area contributed by atoms with Gasteiger partial charge in [-0.15, -0.1) is 0 Å². The first-order chi connectivity index (χ1) is 8.19. The van der Waals surface area contributed by atoms with Gasteiger partial charge in [-0.1, -0.05) is 0 Å². The molecule has 0 aliphatic rings. The van der Waals surface area contributed by atoms with E-state index in [1.807, 2.05) is 0 Å². The van der Waals surface area contributed by atoms with Gasteiger partial charge >= 0.3 is 6.01 Å². The highest BCUT2D eigenvalue weighted by atomic mass is 19.1. The maximum atomic E-state index is 12.6. The van der Waals surface area contributed by atoms with E-state index in [0.717, 1.165) is 0 Å². The van der Waals surface area contributed by atoms with Crippen LogP contribution < -0.4 is 11.1 Å². The molecule has 17 heavy (non-hydrogen) atoms. The molecular weight excluding hydrogens is 225 g/mol. The number of oxazole rings is 1. The van der Waals surface area contributed by atoms with E-state index < -0.39 is 11.7 Å². The minimum absolute atomic E-state index is 0.0692. The van der Waals surface area contributed by atoms with Crippen LogP contribution in [0.3, 0.4) is 0 Å². The fraction of sp³-hybridized carbons (Fsp3) is 0.0909. The Bertz CT molecular complexity index is 522. The predicted octanol–water partition coefficient (Wildman–Crippen LogP) is 1.52. The van der Waals surface area contributed by atoms with Crippen LogP contribution in [-0.4, -0.2) is 10.9 Å². The highest BCUT2D eigenvalue weighted by Crippen LogP contribution is 2.09. The van der Waals surface area contributed by atoms with Crippen LogP contribution in [-0.2, 0) is 6.54 Å². The molecule has 5 nitrogen and oxygen atoms in total. The average molecular weight is 235 g/mol. The average Bonchev–Trinajstić information content (AvgIpc) is 2.77. The summed E-state index contributed by atoms with van der Waals surface area (Å²) in [7, 11) is 0. The fourth-order valence-corrected chi connectivity index (χ4v) is 1.23. The van der Waals surface area contributed by atoms with E-state index in [2.05, 4.69) is 10.3 Å². The number of carbonyl (C=O) groups is 1. The minimum atomic E-state index is -0.421. The predicted molar refractivity (Wildman–Crippen MR) is 58.7 cm³/mol. The van der Waals surface area contributed by atoms with Gasteiger partial charge in [-0.25, -0.2) is 4.39 Å². The van der Waals surface area contributed by atoms with Gasteiger partial charge in [0.05, 0.1) is 5.69 Å². The van der Waals surface area contributed by atoms with E-state index in [-0.39, 0.29) is 12.6 Å². The van der Waals surface area contributed by atoms with Gasteiger partial charge in [0.25, 0.3) is 5.91 Å². The Kier molecular flexibility index (Phi) is 3.15. The van der Waals surface area contributed by atoms with E-state index in [1.165, 1.54) is 30.5 Å². The molecule has 0 aliphatic heterocycles. The van der Waals surface area contributed by atoms with Gasteiger partial charge < -0.3 is 10.2 Å². The largest absolute Gasteiger partial charge is 0.432 e. The second-order valence-electron chi connectivity index (χ2n) is 3.31. The molecule has 0 aliphatic carbocycles. The zero-order valence-electron chi connectivity index (χ0n) is 8.81.